The maximum atomic E-state index is 9.11. The van der Waals surface area contributed by atoms with Gasteiger partial charge in [0.2, 0.25) is 0 Å². The molecule has 0 bridgehead atoms. The topological polar surface area (TPSA) is 23.8 Å². The predicted octanol–water partition coefficient (Wildman–Crippen LogP) is 5.09. The molecule has 2 rings (SSSR count). The Kier molecular flexibility index (Phi) is 4.11. The van der Waals surface area contributed by atoms with Crippen LogP contribution in [0.2, 0.25) is 0 Å². The van der Waals surface area contributed by atoms with Gasteiger partial charge in [-0.1, -0.05) is 33.8 Å². The first-order chi connectivity index (χ1) is 8.60. The lowest BCUT2D eigenvalue weighted by Crippen LogP contribution is -1.84. The van der Waals surface area contributed by atoms with Gasteiger partial charge in [0.25, 0.3) is 0 Å². The second kappa shape index (κ2) is 5.60. The van der Waals surface area contributed by atoms with E-state index in [-0.39, 0.29) is 0 Å². The van der Waals surface area contributed by atoms with Crippen molar-refractivity contribution < 1.29 is 0 Å². The summed E-state index contributed by atoms with van der Waals surface area (Å²) in [4.78, 5) is 2.14. The number of nitrogens with zero attached hydrogens (tertiary/aromatic N) is 1. The van der Waals surface area contributed by atoms with Crippen LogP contribution in [0, 0.1) is 25.2 Å². The van der Waals surface area contributed by atoms with Crippen LogP contribution in [0.25, 0.3) is 0 Å². The molecule has 0 atom stereocenters. The van der Waals surface area contributed by atoms with Gasteiger partial charge in [-0.05, 0) is 55.3 Å². The lowest BCUT2D eigenvalue weighted by atomic mass is 10.1. The molecule has 0 aliphatic carbocycles. The van der Waals surface area contributed by atoms with Crippen molar-refractivity contribution >= 4 is 27.7 Å². The van der Waals surface area contributed by atoms with Gasteiger partial charge in [0.1, 0.15) is 6.07 Å². The highest BCUT2D eigenvalue weighted by Crippen LogP contribution is 2.33. The molecule has 0 saturated heterocycles. The van der Waals surface area contributed by atoms with E-state index in [2.05, 4.69) is 54.0 Å². The van der Waals surface area contributed by atoms with Crippen molar-refractivity contribution in [3.8, 4) is 6.07 Å². The van der Waals surface area contributed by atoms with Gasteiger partial charge >= 0.3 is 0 Å². The molecule has 0 N–H and O–H groups in total. The van der Waals surface area contributed by atoms with Crippen LogP contribution >= 0.6 is 27.7 Å². The lowest BCUT2D eigenvalue weighted by molar-refractivity contribution is 1.27. The SMILES string of the molecule is Cc1ccc(Sc2cc(Br)ccc2C#N)cc1C. The highest BCUT2D eigenvalue weighted by Gasteiger charge is 2.05. The number of benzene rings is 2. The van der Waals surface area contributed by atoms with Crippen molar-refractivity contribution in [2.24, 2.45) is 0 Å². The number of nitriles is 1. The Bertz CT molecular complexity index is 629. The van der Waals surface area contributed by atoms with E-state index in [0.29, 0.717) is 5.56 Å². The van der Waals surface area contributed by atoms with Gasteiger partial charge in [-0.15, -0.1) is 0 Å². The van der Waals surface area contributed by atoms with E-state index in [9.17, 15) is 0 Å². The minimum absolute atomic E-state index is 0.710. The molecule has 0 saturated carbocycles. The molecule has 0 aromatic heterocycles. The molecule has 2 aromatic carbocycles. The number of aryl methyl sites for hydroxylation is 2. The van der Waals surface area contributed by atoms with Crippen molar-refractivity contribution in [3.63, 3.8) is 0 Å². The molecule has 0 radical (unpaired) electrons. The summed E-state index contributed by atoms with van der Waals surface area (Å²) >= 11 is 5.07. The molecule has 0 amide bonds. The summed E-state index contributed by atoms with van der Waals surface area (Å²) in [5.74, 6) is 0. The Morgan fingerprint density at radius 3 is 2.50 bits per heavy atom. The van der Waals surface area contributed by atoms with Crippen molar-refractivity contribution in [2.75, 3.05) is 0 Å². The Morgan fingerprint density at radius 2 is 1.83 bits per heavy atom. The van der Waals surface area contributed by atoms with E-state index in [1.807, 2.05) is 18.2 Å². The maximum Gasteiger partial charge on any atom is 0.100 e. The van der Waals surface area contributed by atoms with E-state index in [4.69, 9.17) is 5.26 Å². The molecular formula is C15H12BrNS. The number of halogens is 1. The average molecular weight is 318 g/mol. The molecule has 1 nitrogen and oxygen atoms in total. The van der Waals surface area contributed by atoms with Gasteiger partial charge in [-0.2, -0.15) is 5.26 Å². The summed E-state index contributed by atoms with van der Waals surface area (Å²) in [6, 6.07) is 14.3. The van der Waals surface area contributed by atoms with Crippen LogP contribution in [-0.2, 0) is 0 Å². The minimum atomic E-state index is 0.710. The largest absolute Gasteiger partial charge is 0.192 e. The van der Waals surface area contributed by atoms with Gasteiger partial charge in [0.15, 0.2) is 0 Å². The summed E-state index contributed by atoms with van der Waals surface area (Å²) < 4.78 is 0.993. The summed E-state index contributed by atoms with van der Waals surface area (Å²) in [5, 5.41) is 9.11. The summed E-state index contributed by atoms with van der Waals surface area (Å²) in [6.07, 6.45) is 0. The van der Waals surface area contributed by atoms with Crippen molar-refractivity contribution in [3.05, 3.63) is 57.6 Å². The van der Waals surface area contributed by atoms with E-state index in [1.165, 1.54) is 11.1 Å². The monoisotopic (exact) mass is 317 g/mol. The van der Waals surface area contributed by atoms with Gasteiger partial charge in [-0.25, -0.2) is 0 Å². The molecule has 18 heavy (non-hydrogen) atoms. The third kappa shape index (κ3) is 2.95. The third-order valence-electron chi connectivity index (χ3n) is 2.77. The Morgan fingerprint density at radius 1 is 1.06 bits per heavy atom. The third-order valence-corrected chi connectivity index (χ3v) is 4.31. The molecule has 2 aromatic rings. The zero-order chi connectivity index (χ0) is 13.1. The maximum absolute atomic E-state index is 9.11. The van der Waals surface area contributed by atoms with E-state index < -0.39 is 0 Å². The van der Waals surface area contributed by atoms with E-state index >= 15 is 0 Å². The predicted molar refractivity (Wildman–Crippen MR) is 78.9 cm³/mol. The molecule has 0 aliphatic heterocycles. The number of hydrogen-bond acceptors (Lipinski definition) is 2. The smallest absolute Gasteiger partial charge is 0.100 e. The number of rotatable bonds is 2. The Hall–Kier alpha value is -1.24. The molecule has 90 valence electrons. The molecule has 0 aliphatic rings. The first-order valence-electron chi connectivity index (χ1n) is 5.55. The van der Waals surface area contributed by atoms with Crippen molar-refractivity contribution in [2.45, 2.75) is 23.6 Å². The molecular weight excluding hydrogens is 306 g/mol. The minimum Gasteiger partial charge on any atom is -0.192 e. The molecule has 0 fully saturated rings. The van der Waals surface area contributed by atoms with Crippen LogP contribution in [0.4, 0.5) is 0 Å². The standard InChI is InChI=1S/C15H12BrNS/c1-10-3-6-14(7-11(10)2)18-15-8-13(16)5-4-12(15)9-17/h3-8H,1-2H3. The summed E-state index contributed by atoms with van der Waals surface area (Å²) in [6.45, 7) is 4.20. The second-order valence-electron chi connectivity index (χ2n) is 4.10. The van der Waals surface area contributed by atoms with Gasteiger partial charge in [0, 0.05) is 14.3 Å². The fourth-order valence-corrected chi connectivity index (χ4v) is 3.13. The van der Waals surface area contributed by atoms with Crippen molar-refractivity contribution in [1.82, 2.24) is 0 Å². The van der Waals surface area contributed by atoms with Crippen LogP contribution in [0.3, 0.4) is 0 Å². The van der Waals surface area contributed by atoms with Crippen LogP contribution < -0.4 is 0 Å². The van der Waals surface area contributed by atoms with Gasteiger partial charge in [0.05, 0.1) is 5.56 Å². The highest BCUT2D eigenvalue weighted by molar-refractivity contribution is 9.10. The normalized spacial score (nSPS) is 10.1. The summed E-state index contributed by atoms with van der Waals surface area (Å²) in [7, 11) is 0. The van der Waals surface area contributed by atoms with Crippen LogP contribution in [0.5, 0.6) is 0 Å². The summed E-state index contributed by atoms with van der Waals surface area (Å²) in [5.41, 5.74) is 3.27. The zero-order valence-corrected chi connectivity index (χ0v) is 12.6. The average Bonchev–Trinajstić information content (AvgIpc) is 2.34. The lowest BCUT2D eigenvalue weighted by Gasteiger charge is -2.07. The Balaban J connectivity index is 2.36. The second-order valence-corrected chi connectivity index (χ2v) is 6.13. The first kappa shape index (κ1) is 13.2. The highest BCUT2D eigenvalue weighted by atomic mass is 79.9. The quantitative estimate of drug-likeness (QED) is 0.770. The zero-order valence-electron chi connectivity index (χ0n) is 10.2. The van der Waals surface area contributed by atoms with Gasteiger partial charge in [-0.3, -0.25) is 0 Å². The molecule has 0 spiro atoms. The van der Waals surface area contributed by atoms with E-state index in [0.717, 1.165) is 14.3 Å². The van der Waals surface area contributed by atoms with Crippen molar-refractivity contribution in [1.29, 1.82) is 5.26 Å². The molecule has 0 unspecified atom stereocenters. The molecule has 0 heterocycles. The van der Waals surface area contributed by atoms with Crippen LogP contribution in [0.1, 0.15) is 16.7 Å². The fourth-order valence-electron chi connectivity index (χ4n) is 1.58. The van der Waals surface area contributed by atoms with Gasteiger partial charge < -0.3 is 0 Å². The van der Waals surface area contributed by atoms with E-state index in [1.54, 1.807) is 11.8 Å². The fraction of sp³-hybridized carbons (Fsp3) is 0.133. The van der Waals surface area contributed by atoms with Crippen LogP contribution in [0.15, 0.2) is 50.7 Å². The van der Waals surface area contributed by atoms with Crippen LogP contribution in [-0.4, -0.2) is 0 Å². The molecule has 3 heteroatoms. The number of hydrogen-bond donors (Lipinski definition) is 0. The first-order valence-corrected chi connectivity index (χ1v) is 7.16. The Labute approximate surface area is 120 Å².